The second-order valence-corrected chi connectivity index (χ2v) is 8.09. The highest BCUT2D eigenvalue weighted by molar-refractivity contribution is 7.32. The second kappa shape index (κ2) is 11.3. The van der Waals surface area contributed by atoms with Crippen LogP contribution >= 0.6 is 17.9 Å². The van der Waals surface area contributed by atoms with E-state index in [1.165, 1.54) is 4.90 Å². The topological polar surface area (TPSA) is 143 Å². The largest absolute Gasteiger partial charge is 0.444 e. The molecule has 0 aliphatic carbocycles. The molecule has 3 amide bonds. The van der Waals surface area contributed by atoms with E-state index >= 15 is 0 Å². The van der Waals surface area contributed by atoms with Crippen LogP contribution < -0.4 is 20.6 Å². The van der Waals surface area contributed by atoms with Gasteiger partial charge in [0, 0.05) is 13.1 Å². The number of guanidine groups is 1. The second-order valence-electron chi connectivity index (χ2n) is 6.27. The molecule has 2 unspecified atom stereocenters. The first-order valence-electron chi connectivity index (χ1n) is 8.00. The molecule has 0 aromatic rings. The smallest absolute Gasteiger partial charge is 0.440 e. The molecular weight excluding hydrogens is 396 g/mol. The lowest BCUT2D eigenvalue weighted by Gasteiger charge is -2.40. The Morgan fingerprint density at radius 2 is 1.70 bits per heavy atom. The molecule has 1 saturated heterocycles. The van der Waals surface area contributed by atoms with E-state index in [0.717, 1.165) is 0 Å². The van der Waals surface area contributed by atoms with Crippen molar-refractivity contribution in [2.24, 2.45) is 4.99 Å². The van der Waals surface area contributed by atoms with Crippen LogP contribution in [0.2, 0.25) is 0 Å². The van der Waals surface area contributed by atoms with E-state index in [9.17, 15) is 14.4 Å². The predicted molar refractivity (Wildman–Crippen MR) is 108 cm³/mol. The molecule has 1 heterocycles. The Kier molecular flexibility index (Phi) is 9.79. The summed E-state index contributed by atoms with van der Waals surface area (Å²) in [5.41, 5.74) is -0.584. The molecule has 1 fully saturated rings. The van der Waals surface area contributed by atoms with Crippen molar-refractivity contribution in [1.29, 1.82) is 0 Å². The number of rotatable bonds is 5. The van der Waals surface area contributed by atoms with Gasteiger partial charge in [0.2, 0.25) is 5.96 Å². The third-order valence-electron chi connectivity index (χ3n) is 2.78. The number of carbonyl (C=O) groups excluding carboxylic acids is 3. The molecule has 27 heavy (non-hydrogen) atoms. The minimum atomic E-state index is -0.884. The molecule has 2 atom stereocenters. The van der Waals surface area contributed by atoms with Crippen LogP contribution in [-0.2, 0) is 13.8 Å². The summed E-state index contributed by atoms with van der Waals surface area (Å²) in [7, 11) is 2.71. The summed E-state index contributed by atoms with van der Waals surface area (Å²) in [6.45, 7) is 6.00. The standard InChI is InChI=1S/C11H24B2N6O6P2/c1-11(2,3)23-10(22)19-4-6(5-19)14-7(15-8(20)24-26-17-12)16-9(21)25-27-18-13/h6,17-18,26-27H,4-5,12-13H2,1-3H3,(H2,14,15,16,20,21). The van der Waals surface area contributed by atoms with Crippen LogP contribution in [0.25, 0.3) is 0 Å². The maximum atomic E-state index is 11.9. The summed E-state index contributed by atoms with van der Waals surface area (Å²) in [6, 6.07) is -0.220. The number of hydrogen-bond acceptors (Lipinski definition) is 8. The van der Waals surface area contributed by atoms with Crippen LogP contribution in [0, 0.1) is 0 Å². The van der Waals surface area contributed by atoms with Gasteiger partial charge in [-0.05, 0) is 20.8 Å². The lowest BCUT2D eigenvalue weighted by atomic mass is 10.1. The number of carbonyl (C=O) groups is 3. The van der Waals surface area contributed by atoms with Gasteiger partial charge in [-0.3, -0.25) is 5.32 Å². The fourth-order valence-corrected chi connectivity index (χ4v) is 2.24. The van der Waals surface area contributed by atoms with Crippen molar-refractivity contribution in [3.63, 3.8) is 0 Å². The summed E-state index contributed by atoms with van der Waals surface area (Å²) in [5.74, 6) is -0.124. The number of aliphatic imine (C=N–C) groups is 1. The third-order valence-corrected chi connectivity index (χ3v) is 3.76. The zero-order valence-electron chi connectivity index (χ0n) is 15.8. The normalized spacial score (nSPS) is 15.7. The van der Waals surface area contributed by atoms with Crippen molar-refractivity contribution in [2.45, 2.75) is 32.4 Å². The summed E-state index contributed by atoms with van der Waals surface area (Å²) in [6.07, 6.45) is -2.11. The molecule has 16 heteroatoms. The first-order valence-corrected chi connectivity index (χ1v) is 9.81. The Hall–Kier alpha value is -1.61. The number of hydrogen-bond donors (Lipinski definition) is 4. The maximum absolute atomic E-state index is 11.9. The Labute approximate surface area is 163 Å². The molecule has 0 radical (unpaired) electrons. The van der Waals surface area contributed by atoms with Crippen molar-refractivity contribution in [3.8, 4) is 0 Å². The third kappa shape index (κ3) is 9.76. The quantitative estimate of drug-likeness (QED) is 0.141. The van der Waals surface area contributed by atoms with Gasteiger partial charge in [0.15, 0.2) is 16.0 Å². The van der Waals surface area contributed by atoms with E-state index in [1.807, 2.05) is 0 Å². The Morgan fingerprint density at radius 3 is 2.26 bits per heavy atom. The van der Waals surface area contributed by atoms with E-state index in [4.69, 9.17) is 13.8 Å². The Morgan fingerprint density at radius 1 is 1.11 bits per heavy atom. The molecule has 12 nitrogen and oxygen atoms in total. The highest BCUT2D eigenvalue weighted by Gasteiger charge is 2.34. The minimum absolute atomic E-state index is 0.124. The highest BCUT2D eigenvalue weighted by atomic mass is 31.1. The molecule has 1 aliphatic rings. The van der Waals surface area contributed by atoms with Gasteiger partial charge in [0.25, 0.3) is 0 Å². The van der Waals surface area contributed by atoms with Crippen LogP contribution in [0.1, 0.15) is 20.8 Å². The fourth-order valence-electron chi connectivity index (χ4n) is 1.76. The molecule has 4 N–H and O–H groups in total. The molecule has 0 aromatic heterocycles. The van der Waals surface area contributed by atoms with E-state index < -0.39 is 23.9 Å². The number of nitrogens with zero attached hydrogens (tertiary/aromatic N) is 2. The molecule has 0 aromatic carbocycles. The van der Waals surface area contributed by atoms with E-state index in [2.05, 4.69) is 25.6 Å². The van der Waals surface area contributed by atoms with Crippen LogP contribution in [-0.4, -0.2) is 69.8 Å². The van der Waals surface area contributed by atoms with Crippen molar-refractivity contribution in [3.05, 3.63) is 0 Å². The molecule has 1 aliphatic heterocycles. The maximum Gasteiger partial charge on any atom is 0.440 e. The molecule has 1 rings (SSSR count). The number of likely N-dealkylation sites (tertiary alicyclic amines) is 1. The summed E-state index contributed by atoms with van der Waals surface area (Å²) >= 11 is 0. The van der Waals surface area contributed by atoms with Crippen LogP contribution in [0.4, 0.5) is 14.4 Å². The van der Waals surface area contributed by atoms with Crippen molar-refractivity contribution in [1.82, 2.24) is 25.5 Å². The van der Waals surface area contributed by atoms with Gasteiger partial charge in [-0.1, -0.05) is 0 Å². The van der Waals surface area contributed by atoms with Gasteiger partial charge in [-0.2, -0.15) is 0 Å². The van der Waals surface area contributed by atoms with Gasteiger partial charge >= 0.3 is 18.3 Å². The van der Waals surface area contributed by atoms with Gasteiger partial charge in [-0.25, -0.2) is 14.4 Å². The summed E-state index contributed by atoms with van der Waals surface area (Å²) < 4.78 is 14.9. The lowest BCUT2D eigenvalue weighted by molar-refractivity contribution is 0.00697. The van der Waals surface area contributed by atoms with Gasteiger partial charge in [0.05, 0.1) is 6.04 Å². The SMILES string of the molecule is BNPOC(=O)/N=C(/NC(=O)OPNB)NC1CN(C(=O)OC(C)(C)C)C1. The molecule has 0 saturated carbocycles. The number of ether oxygens (including phenoxy) is 1. The van der Waals surface area contributed by atoms with Gasteiger partial charge in [0.1, 0.15) is 23.5 Å². The molecule has 0 bridgehead atoms. The fraction of sp³-hybridized carbons (Fsp3) is 0.636. The Balaban J connectivity index is 2.59. The van der Waals surface area contributed by atoms with Gasteiger partial charge < -0.3 is 34.0 Å². The van der Waals surface area contributed by atoms with Crippen LogP contribution in [0.5, 0.6) is 0 Å². The van der Waals surface area contributed by atoms with Crippen molar-refractivity contribution < 1.29 is 28.2 Å². The zero-order valence-corrected chi connectivity index (χ0v) is 17.8. The van der Waals surface area contributed by atoms with Gasteiger partial charge in [-0.15, -0.1) is 4.99 Å². The number of nitrogens with one attached hydrogen (secondary N) is 4. The van der Waals surface area contributed by atoms with Crippen LogP contribution in [0.15, 0.2) is 4.99 Å². The van der Waals surface area contributed by atoms with E-state index in [1.54, 1.807) is 36.7 Å². The van der Waals surface area contributed by atoms with Crippen LogP contribution in [0.3, 0.4) is 0 Å². The van der Waals surface area contributed by atoms with Crippen molar-refractivity contribution >= 4 is 58.1 Å². The summed E-state index contributed by atoms with van der Waals surface area (Å²) in [5, 5.41) is 5.20. The molecule has 150 valence electrons. The predicted octanol–water partition coefficient (Wildman–Crippen LogP) is -1.29. The minimum Gasteiger partial charge on any atom is -0.444 e. The van der Waals surface area contributed by atoms with E-state index in [0.29, 0.717) is 13.1 Å². The number of amides is 3. The molecular formula is C11H24B2N6O6P2. The van der Waals surface area contributed by atoms with E-state index in [-0.39, 0.29) is 29.9 Å². The average Bonchev–Trinajstić information content (AvgIpc) is 2.51. The molecule has 0 spiro atoms. The first-order chi connectivity index (χ1) is 12.6. The first kappa shape index (κ1) is 23.4. The summed E-state index contributed by atoms with van der Waals surface area (Å²) in [4.78, 5) is 45.8. The van der Waals surface area contributed by atoms with Crippen molar-refractivity contribution in [2.75, 3.05) is 13.1 Å². The monoisotopic (exact) mass is 420 g/mol. The zero-order chi connectivity index (χ0) is 20.4. The highest BCUT2D eigenvalue weighted by Crippen LogP contribution is 2.15. The lowest BCUT2D eigenvalue weighted by Crippen LogP contribution is -2.63. The Bertz CT molecular complexity index is 572. The average molecular weight is 420 g/mol.